The highest BCUT2D eigenvalue weighted by atomic mass is 19.4. The van der Waals surface area contributed by atoms with Crippen molar-refractivity contribution in [3.05, 3.63) is 29.3 Å². The van der Waals surface area contributed by atoms with E-state index in [0.29, 0.717) is 25.9 Å². The van der Waals surface area contributed by atoms with Gasteiger partial charge >= 0.3 is 12.3 Å². The van der Waals surface area contributed by atoms with Crippen LogP contribution in [0, 0.1) is 11.3 Å². The van der Waals surface area contributed by atoms with E-state index in [0.717, 1.165) is 12.1 Å². The maximum Gasteiger partial charge on any atom is 0.417 e. The molecule has 0 radical (unpaired) electrons. The van der Waals surface area contributed by atoms with Crippen molar-refractivity contribution in [1.82, 2.24) is 4.90 Å². The van der Waals surface area contributed by atoms with Gasteiger partial charge in [-0.05, 0) is 39.0 Å². The third-order valence-electron chi connectivity index (χ3n) is 3.81. The summed E-state index contributed by atoms with van der Waals surface area (Å²) in [6, 6.07) is 4.72. The van der Waals surface area contributed by atoms with Gasteiger partial charge in [0.15, 0.2) is 0 Å². The van der Waals surface area contributed by atoms with Crippen LogP contribution in [0.3, 0.4) is 0 Å². The molecule has 142 valence electrons. The Bertz CT molecular complexity index is 697. The van der Waals surface area contributed by atoms with E-state index in [2.05, 4.69) is 0 Å². The summed E-state index contributed by atoms with van der Waals surface area (Å²) in [6.45, 7) is 6.24. The van der Waals surface area contributed by atoms with Gasteiger partial charge in [-0.25, -0.2) is 4.79 Å². The van der Waals surface area contributed by atoms with Crippen molar-refractivity contribution in [3.63, 3.8) is 0 Å². The number of ether oxygens (including phenoxy) is 2. The third-order valence-corrected chi connectivity index (χ3v) is 3.81. The van der Waals surface area contributed by atoms with Crippen molar-refractivity contribution >= 4 is 6.09 Å². The number of rotatable bonds is 2. The van der Waals surface area contributed by atoms with Crippen LogP contribution >= 0.6 is 0 Å². The highest BCUT2D eigenvalue weighted by Gasteiger charge is 2.34. The van der Waals surface area contributed by atoms with E-state index < -0.39 is 29.0 Å². The first kappa shape index (κ1) is 19.9. The van der Waals surface area contributed by atoms with Gasteiger partial charge in [-0.15, -0.1) is 0 Å². The molecular formula is C18H21F3N2O3. The molecule has 0 spiro atoms. The molecule has 0 N–H and O–H groups in total. The van der Waals surface area contributed by atoms with Gasteiger partial charge in [-0.2, -0.15) is 18.4 Å². The van der Waals surface area contributed by atoms with E-state index in [4.69, 9.17) is 14.7 Å². The van der Waals surface area contributed by atoms with E-state index in [9.17, 15) is 18.0 Å². The quantitative estimate of drug-likeness (QED) is 0.776. The molecule has 1 aliphatic rings. The van der Waals surface area contributed by atoms with Gasteiger partial charge in [0.2, 0.25) is 0 Å². The molecule has 1 amide bonds. The average molecular weight is 370 g/mol. The number of benzene rings is 1. The molecule has 0 bridgehead atoms. The minimum absolute atomic E-state index is 0.213. The molecule has 1 heterocycles. The third kappa shape index (κ3) is 5.28. The summed E-state index contributed by atoms with van der Waals surface area (Å²) in [5.74, 6) is 0.213. The minimum Gasteiger partial charge on any atom is -0.490 e. The van der Waals surface area contributed by atoms with Gasteiger partial charge in [-0.1, -0.05) is 0 Å². The maximum absolute atomic E-state index is 12.8. The van der Waals surface area contributed by atoms with Crippen LogP contribution in [-0.4, -0.2) is 35.8 Å². The molecule has 1 aliphatic heterocycles. The van der Waals surface area contributed by atoms with Crippen LogP contribution in [0.2, 0.25) is 0 Å². The lowest BCUT2D eigenvalue weighted by Gasteiger charge is -2.33. The second-order valence-electron chi connectivity index (χ2n) is 7.10. The normalized spacial score (nSPS) is 16.1. The summed E-state index contributed by atoms with van der Waals surface area (Å²) in [5, 5.41) is 8.94. The van der Waals surface area contributed by atoms with Crippen LogP contribution in [0.4, 0.5) is 18.0 Å². The zero-order valence-electron chi connectivity index (χ0n) is 14.9. The molecule has 8 heteroatoms. The molecule has 1 aromatic rings. The lowest BCUT2D eigenvalue weighted by Crippen LogP contribution is -2.44. The summed E-state index contributed by atoms with van der Waals surface area (Å²) in [4.78, 5) is 13.6. The number of carbonyl (C=O) groups is 1. The van der Waals surface area contributed by atoms with Crippen molar-refractivity contribution in [1.29, 1.82) is 5.26 Å². The number of piperidine rings is 1. The van der Waals surface area contributed by atoms with Crippen molar-refractivity contribution < 1.29 is 27.4 Å². The van der Waals surface area contributed by atoms with Gasteiger partial charge in [-0.3, -0.25) is 0 Å². The molecule has 0 unspecified atom stereocenters. The molecular weight excluding hydrogens is 349 g/mol. The Hall–Kier alpha value is -2.43. The molecule has 0 atom stereocenters. The first-order valence-corrected chi connectivity index (χ1v) is 8.25. The molecule has 5 nitrogen and oxygen atoms in total. The number of nitriles is 1. The average Bonchev–Trinajstić information content (AvgIpc) is 2.52. The second kappa shape index (κ2) is 7.44. The van der Waals surface area contributed by atoms with E-state index in [-0.39, 0.29) is 11.9 Å². The fraction of sp³-hybridized carbons (Fsp3) is 0.556. The monoisotopic (exact) mass is 370 g/mol. The number of carbonyl (C=O) groups excluding carboxylic acids is 1. The van der Waals surface area contributed by atoms with E-state index >= 15 is 0 Å². The fourth-order valence-corrected chi connectivity index (χ4v) is 2.61. The van der Waals surface area contributed by atoms with Crippen LogP contribution in [0.15, 0.2) is 18.2 Å². The summed E-state index contributed by atoms with van der Waals surface area (Å²) in [7, 11) is 0. The Morgan fingerprint density at radius 3 is 2.35 bits per heavy atom. The van der Waals surface area contributed by atoms with Gasteiger partial charge in [0.1, 0.15) is 17.5 Å². The molecule has 1 fully saturated rings. The van der Waals surface area contributed by atoms with Crippen LogP contribution in [-0.2, 0) is 10.9 Å². The van der Waals surface area contributed by atoms with Crippen molar-refractivity contribution in [2.24, 2.45) is 0 Å². The summed E-state index contributed by atoms with van der Waals surface area (Å²) < 4.78 is 49.5. The van der Waals surface area contributed by atoms with Crippen LogP contribution in [0.1, 0.15) is 44.7 Å². The van der Waals surface area contributed by atoms with E-state index in [1.165, 1.54) is 6.07 Å². The van der Waals surface area contributed by atoms with Crippen LogP contribution < -0.4 is 4.74 Å². The summed E-state index contributed by atoms with van der Waals surface area (Å²) in [6.07, 6.45) is -4.15. The van der Waals surface area contributed by atoms with Gasteiger partial charge in [0.05, 0.1) is 17.2 Å². The zero-order chi connectivity index (χ0) is 19.5. The van der Waals surface area contributed by atoms with Crippen molar-refractivity contribution in [2.45, 2.75) is 51.5 Å². The standard InChI is InChI=1S/C18H21F3N2O3/c1-17(2,3)26-16(24)23-8-6-13(7-9-23)25-14-4-5-15(18(19,20)21)12(10-14)11-22/h4-5,10,13H,6-9H2,1-3H3. The fourth-order valence-electron chi connectivity index (χ4n) is 2.61. The van der Waals surface area contributed by atoms with Crippen molar-refractivity contribution in [2.75, 3.05) is 13.1 Å². The number of alkyl halides is 3. The van der Waals surface area contributed by atoms with Gasteiger partial charge in [0.25, 0.3) is 0 Å². The number of hydrogen-bond donors (Lipinski definition) is 0. The molecule has 26 heavy (non-hydrogen) atoms. The highest BCUT2D eigenvalue weighted by Crippen LogP contribution is 2.34. The number of halogens is 3. The second-order valence-corrected chi connectivity index (χ2v) is 7.10. The van der Waals surface area contributed by atoms with Crippen LogP contribution in [0.25, 0.3) is 0 Å². The number of amides is 1. The number of likely N-dealkylation sites (tertiary alicyclic amines) is 1. The molecule has 0 saturated carbocycles. The topological polar surface area (TPSA) is 62.6 Å². The van der Waals surface area contributed by atoms with E-state index in [1.54, 1.807) is 31.7 Å². The molecule has 2 rings (SSSR count). The highest BCUT2D eigenvalue weighted by molar-refractivity contribution is 5.68. The minimum atomic E-state index is -4.58. The lowest BCUT2D eigenvalue weighted by atomic mass is 10.1. The molecule has 1 aromatic carbocycles. The Balaban J connectivity index is 1.96. The Labute approximate surface area is 150 Å². The zero-order valence-corrected chi connectivity index (χ0v) is 14.9. The largest absolute Gasteiger partial charge is 0.490 e. The number of hydrogen-bond acceptors (Lipinski definition) is 4. The maximum atomic E-state index is 12.8. The molecule has 1 saturated heterocycles. The Morgan fingerprint density at radius 2 is 1.85 bits per heavy atom. The Morgan fingerprint density at radius 1 is 1.23 bits per heavy atom. The smallest absolute Gasteiger partial charge is 0.417 e. The summed E-state index contributed by atoms with van der Waals surface area (Å²) >= 11 is 0. The van der Waals surface area contributed by atoms with Gasteiger partial charge < -0.3 is 14.4 Å². The first-order valence-electron chi connectivity index (χ1n) is 8.25. The Kier molecular flexibility index (Phi) is 5.69. The molecule has 0 aromatic heterocycles. The predicted molar refractivity (Wildman–Crippen MR) is 87.6 cm³/mol. The summed E-state index contributed by atoms with van der Waals surface area (Å²) in [5.41, 5.74) is -2.02. The SMILES string of the molecule is CC(C)(C)OC(=O)N1CCC(Oc2ccc(C(F)(F)F)c(C#N)c2)CC1. The number of nitrogens with zero attached hydrogens (tertiary/aromatic N) is 2. The predicted octanol–water partition coefficient (Wildman–Crippen LogP) is 4.36. The van der Waals surface area contributed by atoms with Gasteiger partial charge in [0, 0.05) is 25.9 Å². The first-order chi connectivity index (χ1) is 12.0. The van der Waals surface area contributed by atoms with E-state index in [1.807, 2.05) is 0 Å². The lowest BCUT2D eigenvalue weighted by molar-refractivity contribution is -0.137. The van der Waals surface area contributed by atoms with Crippen molar-refractivity contribution in [3.8, 4) is 11.8 Å². The van der Waals surface area contributed by atoms with Crippen LogP contribution in [0.5, 0.6) is 5.75 Å². The molecule has 0 aliphatic carbocycles.